The lowest BCUT2D eigenvalue weighted by atomic mass is 9.87. The van der Waals surface area contributed by atoms with Crippen LogP contribution >= 0.6 is 0 Å². The van der Waals surface area contributed by atoms with Gasteiger partial charge >= 0.3 is 0 Å². The van der Waals surface area contributed by atoms with Crippen molar-refractivity contribution in [1.82, 2.24) is 0 Å². The van der Waals surface area contributed by atoms with Gasteiger partial charge in [-0.15, -0.1) is 0 Å². The van der Waals surface area contributed by atoms with Gasteiger partial charge in [0.1, 0.15) is 0 Å². The summed E-state index contributed by atoms with van der Waals surface area (Å²) in [7, 11) is 0.494. The number of aryl methyl sites for hydroxylation is 1. The predicted molar refractivity (Wildman–Crippen MR) is 73.8 cm³/mol. The Balaban J connectivity index is 2.27. The molecule has 94 valence electrons. The monoisotopic (exact) mass is 250 g/mol. The molecule has 2 nitrogen and oxygen atoms in total. The van der Waals surface area contributed by atoms with Crippen molar-refractivity contribution < 1.29 is 9.22 Å². The first kappa shape index (κ1) is 14.0. The van der Waals surface area contributed by atoms with Crippen molar-refractivity contribution >= 4 is 16.5 Å². The lowest BCUT2D eigenvalue weighted by Gasteiger charge is -2.21. The summed E-state index contributed by atoms with van der Waals surface area (Å²) in [4.78, 5) is 11.5. The van der Waals surface area contributed by atoms with E-state index in [1.165, 1.54) is 5.56 Å². The molecular formula is C14H22O2Si. The van der Waals surface area contributed by atoms with Crippen molar-refractivity contribution in [3.8, 4) is 0 Å². The minimum atomic E-state index is -0.321. The second kappa shape index (κ2) is 6.60. The highest BCUT2D eigenvalue weighted by Gasteiger charge is 2.27. The van der Waals surface area contributed by atoms with Crippen LogP contribution in [0.25, 0.3) is 0 Å². The number of hydrogen-bond acceptors (Lipinski definition) is 2. The average Bonchev–Trinajstić information content (AvgIpc) is 2.35. The molecule has 0 aliphatic carbocycles. The van der Waals surface area contributed by atoms with Gasteiger partial charge in [-0.2, -0.15) is 0 Å². The lowest BCUT2D eigenvalue weighted by Crippen LogP contribution is -2.25. The van der Waals surface area contributed by atoms with E-state index in [0.29, 0.717) is 10.5 Å². The number of carbonyl (C=O) groups excluding carboxylic acids is 1. The molecule has 1 rings (SSSR count). The Morgan fingerprint density at radius 2 is 1.88 bits per heavy atom. The second-order valence-electron chi connectivity index (χ2n) is 5.07. The third-order valence-corrected chi connectivity index (χ3v) is 3.47. The number of hydrogen-bond donors (Lipinski definition) is 0. The maximum Gasteiger partial charge on any atom is 0.297 e. The molecule has 0 aliphatic rings. The van der Waals surface area contributed by atoms with Gasteiger partial charge in [-0.05, 0) is 38.7 Å². The summed E-state index contributed by atoms with van der Waals surface area (Å²) in [5.41, 5.74) is 1.05. The summed E-state index contributed by atoms with van der Waals surface area (Å²) >= 11 is 0. The SMILES string of the molecule is CC(C)(CCCCc1ccccc1)C(=O)O[SiH3]. The Bertz CT molecular complexity index is 346. The van der Waals surface area contributed by atoms with E-state index in [2.05, 4.69) is 24.3 Å². The highest BCUT2D eigenvalue weighted by molar-refractivity contribution is 6.06. The topological polar surface area (TPSA) is 26.3 Å². The standard InChI is InChI=1S/C14H22O2Si/c1-14(2,13(15)16-17)11-7-6-10-12-8-4-3-5-9-12/h3-5,8-9H,6-7,10-11H2,1-2,17H3. The molecule has 0 bridgehead atoms. The molecule has 0 heterocycles. The quantitative estimate of drug-likeness (QED) is 0.572. The maximum atomic E-state index is 11.5. The molecule has 0 aliphatic heterocycles. The molecule has 0 spiro atoms. The zero-order valence-electron chi connectivity index (χ0n) is 11.0. The van der Waals surface area contributed by atoms with E-state index in [1.54, 1.807) is 0 Å². The van der Waals surface area contributed by atoms with E-state index in [9.17, 15) is 4.79 Å². The molecule has 0 saturated carbocycles. The van der Waals surface area contributed by atoms with Crippen LogP contribution in [0.15, 0.2) is 30.3 Å². The molecule has 0 amide bonds. The van der Waals surface area contributed by atoms with Crippen molar-refractivity contribution in [2.24, 2.45) is 5.41 Å². The van der Waals surface area contributed by atoms with Crippen LogP contribution in [0.4, 0.5) is 0 Å². The highest BCUT2D eigenvalue weighted by Crippen LogP contribution is 2.25. The average molecular weight is 250 g/mol. The normalized spacial score (nSPS) is 11.4. The molecule has 0 saturated heterocycles. The van der Waals surface area contributed by atoms with Crippen molar-refractivity contribution in [2.75, 3.05) is 0 Å². The first-order chi connectivity index (χ1) is 8.06. The van der Waals surface area contributed by atoms with Crippen LogP contribution in [0.3, 0.4) is 0 Å². The fourth-order valence-electron chi connectivity index (χ4n) is 1.92. The Kier molecular flexibility index (Phi) is 5.42. The van der Waals surface area contributed by atoms with Crippen LogP contribution in [0, 0.1) is 5.41 Å². The van der Waals surface area contributed by atoms with E-state index in [0.717, 1.165) is 25.7 Å². The van der Waals surface area contributed by atoms with Gasteiger partial charge in [-0.1, -0.05) is 36.8 Å². The second-order valence-corrected chi connectivity index (χ2v) is 5.48. The molecule has 0 radical (unpaired) electrons. The first-order valence-corrected chi connectivity index (χ1v) is 7.00. The summed E-state index contributed by atoms with van der Waals surface area (Å²) in [6.45, 7) is 3.94. The molecule has 3 heteroatoms. The maximum absolute atomic E-state index is 11.5. The molecule has 1 aromatic carbocycles. The molecule has 0 unspecified atom stereocenters. The van der Waals surface area contributed by atoms with Gasteiger partial charge in [0.05, 0.1) is 5.41 Å². The number of benzene rings is 1. The van der Waals surface area contributed by atoms with Gasteiger partial charge in [0.2, 0.25) is 10.5 Å². The van der Waals surface area contributed by atoms with E-state index in [1.807, 2.05) is 19.9 Å². The van der Waals surface area contributed by atoms with Crippen molar-refractivity contribution in [2.45, 2.75) is 39.5 Å². The van der Waals surface area contributed by atoms with E-state index in [4.69, 9.17) is 4.43 Å². The highest BCUT2D eigenvalue weighted by atomic mass is 28.2. The van der Waals surface area contributed by atoms with Crippen LogP contribution in [0.5, 0.6) is 0 Å². The summed E-state index contributed by atoms with van der Waals surface area (Å²) in [5, 5.41) is 0. The molecule has 0 atom stereocenters. The van der Waals surface area contributed by atoms with Crippen molar-refractivity contribution in [3.63, 3.8) is 0 Å². The van der Waals surface area contributed by atoms with Crippen LogP contribution in [0.2, 0.25) is 0 Å². The summed E-state index contributed by atoms with van der Waals surface area (Å²) in [6.07, 6.45) is 4.19. The van der Waals surface area contributed by atoms with Gasteiger partial charge in [-0.25, -0.2) is 0 Å². The Labute approximate surface area is 107 Å². The minimum Gasteiger partial charge on any atom is -0.528 e. The molecule has 0 fully saturated rings. The molecule has 17 heavy (non-hydrogen) atoms. The Hall–Kier alpha value is -1.09. The Morgan fingerprint density at radius 1 is 1.24 bits per heavy atom. The van der Waals surface area contributed by atoms with Gasteiger partial charge in [0.25, 0.3) is 5.97 Å². The van der Waals surface area contributed by atoms with Crippen LogP contribution < -0.4 is 0 Å². The zero-order valence-corrected chi connectivity index (χ0v) is 13.0. The van der Waals surface area contributed by atoms with Crippen LogP contribution in [0.1, 0.15) is 38.7 Å². The number of unbranched alkanes of at least 4 members (excludes halogenated alkanes) is 1. The van der Waals surface area contributed by atoms with E-state index >= 15 is 0 Å². The number of rotatable bonds is 6. The largest absolute Gasteiger partial charge is 0.528 e. The fourth-order valence-corrected chi connectivity index (χ4v) is 2.47. The van der Waals surface area contributed by atoms with Gasteiger partial charge in [0, 0.05) is 0 Å². The number of carbonyl (C=O) groups is 1. The molecule has 1 aromatic rings. The smallest absolute Gasteiger partial charge is 0.297 e. The van der Waals surface area contributed by atoms with E-state index < -0.39 is 0 Å². The predicted octanol–water partition coefficient (Wildman–Crippen LogP) is 2.25. The summed E-state index contributed by atoms with van der Waals surface area (Å²) in [6, 6.07) is 10.5. The van der Waals surface area contributed by atoms with Crippen molar-refractivity contribution in [1.29, 1.82) is 0 Å². The third-order valence-electron chi connectivity index (χ3n) is 3.10. The first-order valence-electron chi connectivity index (χ1n) is 6.18. The van der Waals surface area contributed by atoms with Crippen molar-refractivity contribution in [3.05, 3.63) is 35.9 Å². The van der Waals surface area contributed by atoms with E-state index in [-0.39, 0.29) is 11.4 Å². The van der Waals surface area contributed by atoms with Gasteiger partial charge in [-0.3, -0.25) is 4.79 Å². The van der Waals surface area contributed by atoms with Gasteiger partial charge in [0.15, 0.2) is 0 Å². The summed E-state index contributed by atoms with van der Waals surface area (Å²) < 4.78 is 4.93. The van der Waals surface area contributed by atoms with Crippen LogP contribution in [-0.4, -0.2) is 16.5 Å². The Morgan fingerprint density at radius 3 is 2.47 bits per heavy atom. The molecule has 0 N–H and O–H groups in total. The van der Waals surface area contributed by atoms with Gasteiger partial charge < -0.3 is 4.43 Å². The fraction of sp³-hybridized carbons (Fsp3) is 0.500. The molecular weight excluding hydrogens is 228 g/mol. The minimum absolute atomic E-state index is 0.0520. The zero-order chi connectivity index (χ0) is 12.7. The third kappa shape index (κ3) is 4.73. The lowest BCUT2D eigenvalue weighted by molar-refractivity contribution is -0.144. The van der Waals surface area contributed by atoms with Crippen LogP contribution in [-0.2, 0) is 15.6 Å². The molecule has 0 aromatic heterocycles. The summed E-state index contributed by atoms with van der Waals surface area (Å²) in [5.74, 6) is -0.0520.